The Morgan fingerprint density at radius 1 is 1.62 bits per heavy atom. The quantitative estimate of drug-likeness (QED) is 0.585. The number of hydrogen-bond acceptors (Lipinski definition) is 3. The van der Waals surface area contributed by atoms with Crippen LogP contribution in [0.5, 0.6) is 5.75 Å². The van der Waals surface area contributed by atoms with Gasteiger partial charge in [0.05, 0.1) is 12.6 Å². The third kappa shape index (κ3) is 1.69. The van der Waals surface area contributed by atoms with E-state index in [1.807, 2.05) is 24.3 Å². The fraction of sp³-hybridized carbons (Fsp3) is 0.364. The summed E-state index contributed by atoms with van der Waals surface area (Å²) in [6, 6.07) is 6.33. The van der Waals surface area contributed by atoms with Gasteiger partial charge in [-0.25, -0.2) is 9.86 Å². The van der Waals surface area contributed by atoms with Crippen LogP contribution >= 0.6 is 0 Å². The van der Waals surface area contributed by atoms with E-state index in [-0.39, 0.29) is 5.92 Å². The van der Waals surface area contributed by atoms with Crippen LogP contribution in [-0.2, 0) is 0 Å². The smallest absolute Gasteiger partial charge is 0.338 e. The molecule has 86 valence electrons. The topological polar surface area (TPSA) is 75.8 Å². The summed E-state index contributed by atoms with van der Waals surface area (Å²) in [5.41, 5.74) is 6.02. The lowest BCUT2D eigenvalue weighted by atomic mass is 9.94. The number of para-hydroxylation sites is 1. The summed E-state index contributed by atoms with van der Waals surface area (Å²) >= 11 is 0. The number of rotatable bonds is 2. The van der Waals surface area contributed by atoms with E-state index in [4.69, 9.17) is 10.5 Å². The molecule has 2 atom stereocenters. The van der Waals surface area contributed by atoms with Crippen LogP contribution in [-0.4, -0.2) is 29.0 Å². The number of carbonyl (C=O) groups is 1. The predicted octanol–water partition coefficient (Wildman–Crippen LogP) is 1.32. The molecule has 1 heterocycles. The summed E-state index contributed by atoms with van der Waals surface area (Å²) in [5, 5.41) is 10.0. The Morgan fingerprint density at radius 3 is 3.00 bits per heavy atom. The van der Waals surface area contributed by atoms with Gasteiger partial charge in [0.15, 0.2) is 0 Å². The molecule has 0 aliphatic carbocycles. The van der Waals surface area contributed by atoms with Gasteiger partial charge in [-0.1, -0.05) is 18.2 Å². The first-order valence-corrected chi connectivity index (χ1v) is 5.10. The van der Waals surface area contributed by atoms with Gasteiger partial charge >= 0.3 is 6.03 Å². The summed E-state index contributed by atoms with van der Waals surface area (Å²) < 4.78 is 5.47. The maximum absolute atomic E-state index is 10.9. The molecule has 0 fully saturated rings. The molecule has 0 radical (unpaired) electrons. The van der Waals surface area contributed by atoms with Gasteiger partial charge in [0, 0.05) is 11.5 Å². The van der Waals surface area contributed by atoms with Gasteiger partial charge in [0.25, 0.3) is 0 Å². The lowest BCUT2D eigenvalue weighted by Gasteiger charge is -2.25. The van der Waals surface area contributed by atoms with Gasteiger partial charge in [-0.15, -0.1) is 0 Å². The number of primary amides is 1. The second kappa shape index (κ2) is 4.02. The van der Waals surface area contributed by atoms with Crippen LogP contribution in [0.15, 0.2) is 24.3 Å². The zero-order valence-corrected chi connectivity index (χ0v) is 8.96. The normalized spacial score (nSPS) is 19.8. The molecule has 1 aromatic carbocycles. The highest BCUT2D eigenvalue weighted by Crippen LogP contribution is 2.36. The number of urea groups is 1. The first kappa shape index (κ1) is 10.8. The molecule has 2 rings (SSSR count). The average molecular weight is 222 g/mol. The van der Waals surface area contributed by atoms with Crippen molar-refractivity contribution >= 4 is 6.03 Å². The Kier molecular flexibility index (Phi) is 2.70. The van der Waals surface area contributed by atoms with E-state index < -0.39 is 12.1 Å². The van der Waals surface area contributed by atoms with Gasteiger partial charge in [-0.2, -0.15) is 0 Å². The molecule has 1 aliphatic rings. The minimum atomic E-state index is -0.850. The fourth-order valence-corrected chi connectivity index (χ4v) is 1.96. The van der Waals surface area contributed by atoms with Gasteiger partial charge in [-0.3, -0.25) is 5.21 Å². The fourth-order valence-electron chi connectivity index (χ4n) is 1.96. The monoisotopic (exact) mass is 222 g/mol. The number of nitrogens with zero attached hydrogens (tertiary/aromatic N) is 1. The predicted molar refractivity (Wildman–Crippen MR) is 57.3 cm³/mol. The SMILES string of the molecule is CC(C1COc2ccccc21)N(O)C(N)=O. The summed E-state index contributed by atoms with van der Waals surface area (Å²) in [4.78, 5) is 10.9. The van der Waals surface area contributed by atoms with E-state index >= 15 is 0 Å². The molecule has 16 heavy (non-hydrogen) atoms. The van der Waals surface area contributed by atoms with Crippen LogP contribution in [0, 0.1) is 0 Å². The number of hydroxylamine groups is 2. The lowest BCUT2D eigenvalue weighted by Crippen LogP contribution is -2.43. The molecule has 3 N–H and O–H groups in total. The standard InChI is InChI=1S/C11H14N2O3/c1-7(13(15)11(12)14)9-6-16-10-5-3-2-4-8(9)10/h2-5,7,9,15H,6H2,1H3,(H2,12,14). The molecule has 2 amide bonds. The summed E-state index contributed by atoms with van der Waals surface area (Å²) in [6.45, 7) is 2.19. The van der Waals surface area contributed by atoms with Crippen molar-refractivity contribution in [2.45, 2.75) is 18.9 Å². The molecule has 1 aliphatic heterocycles. The summed E-state index contributed by atoms with van der Waals surface area (Å²) in [5.74, 6) is 0.755. The average Bonchev–Trinajstić information content (AvgIpc) is 2.70. The molecular weight excluding hydrogens is 208 g/mol. The van der Waals surface area contributed by atoms with Crippen LogP contribution in [0.1, 0.15) is 18.4 Å². The summed E-state index contributed by atoms with van der Waals surface area (Å²) in [6.07, 6.45) is 0. The zero-order valence-electron chi connectivity index (χ0n) is 8.96. The Bertz CT molecular complexity index is 408. The van der Waals surface area contributed by atoms with Crippen molar-refractivity contribution < 1.29 is 14.7 Å². The first-order valence-electron chi connectivity index (χ1n) is 5.10. The highest BCUT2D eigenvalue weighted by atomic mass is 16.5. The molecule has 0 saturated carbocycles. The van der Waals surface area contributed by atoms with E-state index in [1.165, 1.54) is 0 Å². The van der Waals surface area contributed by atoms with Crippen molar-refractivity contribution in [3.05, 3.63) is 29.8 Å². The van der Waals surface area contributed by atoms with Crippen LogP contribution in [0.25, 0.3) is 0 Å². The second-order valence-electron chi connectivity index (χ2n) is 3.88. The molecule has 0 spiro atoms. The molecule has 5 heteroatoms. The van der Waals surface area contributed by atoms with Crippen molar-refractivity contribution in [2.24, 2.45) is 5.73 Å². The lowest BCUT2D eigenvalue weighted by molar-refractivity contribution is -0.0777. The van der Waals surface area contributed by atoms with E-state index in [0.717, 1.165) is 11.3 Å². The Labute approximate surface area is 93.4 Å². The van der Waals surface area contributed by atoms with Crippen molar-refractivity contribution in [1.82, 2.24) is 5.06 Å². The Morgan fingerprint density at radius 2 is 2.31 bits per heavy atom. The second-order valence-corrected chi connectivity index (χ2v) is 3.88. The zero-order chi connectivity index (χ0) is 11.7. The van der Waals surface area contributed by atoms with Crippen molar-refractivity contribution in [1.29, 1.82) is 0 Å². The van der Waals surface area contributed by atoms with Crippen LogP contribution in [0.2, 0.25) is 0 Å². The third-order valence-electron chi connectivity index (χ3n) is 2.93. The molecule has 0 saturated heterocycles. The van der Waals surface area contributed by atoms with E-state index in [0.29, 0.717) is 11.7 Å². The van der Waals surface area contributed by atoms with Crippen LogP contribution in [0.4, 0.5) is 4.79 Å². The number of benzene rings is 1. The highest BCUT2D eigenvalue weighted by molar-refractivity contribution is 5.71. The van der Waals surface area contributed by atoms with E-state index in [2.05, 4.69) is 0 Å². The van der Waals surface area contributed by atoms with Gasteiger partial charge in [0.2, 0.25) is 0 Å². The van der Waals surface area contributed by atoms with Crippen molar-refractivity contribution in [3.63, 3.8) is 0 Å². The van der Waals surface area contributed by atoms with Crippen LogP contribution < -0.4 is 10.5 Å². The number of hydrogen-bond donors (Lipinski definition) is 2. The van der Waals surface area contributed by atoms with Gasteiger partial charge < -0.3 is 10.5 Å². The third-order valence-corrected chi connectivity index (χ3v) is 2.93. The van der Waals surface area contributed by atoms with Gasteiger partial charge in [0.1, 0.15) is 5.75 Å². The highest BCUT2D eigenvalue weighted by Gasteiger charge is 2.33. The molecule has 0 aromatic heterocycles. The molecule has 0 bridgehead atoms. The number of nitrogens with two attached hydrogens (primary N) is 1. The Balaban J connectivity index is 2.22. The van der Waals surface area contributed by atoms with Gasteiger partial charge in [-0.05, 0) is 13.0 Å². The number of amides is 2. The van der Waals surface area contributed by atoms with Crippen molar-refractivity contribution in [2.75, 3.05) is 6.61 Å². The number of ether oxygens (including phenoxy) is 1. The molecule has 1 aromatic rings. The molecule has 2 unspecified atom stereocenters. The van der Waals surface area contributed by atoms with Crippen molar-refractivity contribution in [3.8, 4) is 5.75 Å². The first-order chi connectivity index (χ1) is 7.61. The molecule has 5 nitrogen and oxygen atoms in total. The number of fused-ring (bicyclic) bond motifs is 1. The minimum Gasteiger partial charge on any atom is -0.493 e. The summed E-state index contributed by atoms with van der Waals surface area (Å²) in [7, 11) is 0. The maximum Gasteiger partial charge on any atom is 0.338 e. The largest absolute Gasteiger partial charge is 0.493 e. The van der Waals surface area contributed by atoms with Crippen LogP contribution in [0.3, 0.4) is 0 Å². The van der Waals surface area contributed by atoms with E-state index in [9.17, 15) is 10.0 Å². The molecular formula is C11H14N2O3. The van der Waals surface area contributed by atoms with E-state index in [1.54, 1.807) is 6.92 Å². The number of carbonyl (C=O) groups excluding carboxylic acids is 1. The Hall–Kier alpha value is -1.75. The minimum absolute atomic E-state index is 0.0475. The maximum atomic E-state index is 10.9.